The molecule has 0 spiro atoms. The lowest BCUT2D eigenvalue weighted by Gasteiger charge is -2.38. The largest absolute Gasteiger partial charge is 0.452 e. The van der Waals surface area contributed by atoms with E-state index in [-0.39, 0.29) is 23.7 Å². The molecule has 0 bridgehead atoms. The molecule has 2 rings (SSSR count). The van der Waals surface area contributed by atoms with E-state index < -0.39 is 6.10 Å². The summed E-state index contributed by atoms with van der Waals surface area (Å²) in [4.78, 5) is 26.7. The van der Waals surface area contributed by atoms with Crippen molar-refractivity contribution in [2.24, 2.45) is 23.7 Å². The summed E-state index contributed by atoms with van der Waals surface area (Å²) in [6.45, 7) is 9.84. The summed E-state index contributed by atoms with van der Waals surface area (Å²) in [5.41, 5.74) is 0. The van der Waals surface area contributed by atoms with Crippen LogP contribution in [0.2, 0.25) is 0 Å². The molecule has 1 aliphatic carbocycles. The Hall–Kier alpha value is -1.06. The Labute approximate surface area is 128 Å². The summed E-state index contributed by atoms with van der Waals surface area (Å²) in [6.07, 6.45) is 3.47. The van der Waals surface area contributed by atoms with E-state index >= 15 is 0 Å². The molecule has 21 heavy (non-hydrogen) atoms. The molecule has 1 amide bonds. The molecule has 4 heteroatoms. The highest BCUT2D eigenvalue weighted by Crippen LogP contribution is 2.29. The maximum absolute atomic E-state index is 12.7. The lowest BCUT2D eigenvalue weighted by Crippen LogP contribution is -2.50. The van der Waals surface area contributed by atoms with Gasteiger partial charge in [0, 0.05) is 13.1 Å². The van der Waals surface area contributed by atoms with E-state index in [4.69, 9.17) is 4.74 Å². The fraction of sp³-hybridized carbons (Fsp3) is 0.882. The first-order chi connectivity index (χ1) is 9.88. The summed E-state index contributed by atoms with van der Waals surface area (Å²) >= 11 is 0. The number of carbonyl (C=O) groups is 2. The topological polar surface area (TPSA) is 46.6 Å². The highest BCUT2D eigenvalue weighted by atomic mass is 16.5. The second-order valence-corrected chi connectivity index (χ2v) is 7.42. The number of piperidine rings is 1. The monoisotopic (exact) mass is 295 g/mol. The minimum absolute atomic E-state index is 0.00364. The fourth-order valence-electron chi connectivity index (χ4n) is 3.36. The number of carbonyl (C=O) groups excluding carboxylic acids is 2. The van der Waals surface area contributed by atoms with E-state index in [2.05, 4.69) is 13.8 Å². The first-order valence-electron chi connectivity index (χ1n) is 8.37. The molecule has 1 aliphatic heterocycles. The highest BCUT2D eigenvalue weighted by molar-refractivity contribution is 5.85. The Morgan fingerprint density at radius 2 is 1.67 bits per heavy atom. The van der Waals surface area contributed by atoms with Gasteiger partial charge in [0.15, 0.2) is 6.10 Å². The quantitative estimate of drug-likeness (QED) is 0.749. The van der Waals surface area contributed by atoms with Crippen LogP contribution in [0.25, 0.3) is 0 Å². The van der Waals surface area contributed by atoms with Crippen LogP contribution in [-0.4, -0.2) is 36.0 Å². The summed E-state index contributed by atoms with van der Waals surface area (Å²) in [7, 11) is 0. The molecule has 2 aliphatic rings. The van der Waals surface area contributed by atoms with E-state index in [1.165, 1.54) is 0 Å². The molecule has 1 saturated carbocycles. The first-order valence-corrected chi connectivity index (χ1v) is 8.37. The third-order valence-electron chi connectivity index (χ3n) is 4.71. The molecule has 120 valence electrons. The second kappa shape index (κ2) is 6.80. The van der Waals surface area contributed by atoms with E-state index in [9.17, 15) is 9.59 Å². The van der Waals surface area contributed by atoms with Crippen molar-refractivity contribution in [2.45, 2.75) is 59.5 Å². The van der Waals surface area contributed by atoms with Gasteiger partial charge in [-0.15, -0.1) is 0 Å². The minimum atomic E-state index is -0.615. The predicted octanol–water partition coefficient (Wildman–Crippen LogP) is 2.86. The van der Waals surface area contributed by atoms with E-state index in [0.717, 1.165) is 38.8 Å². The SMILES string of the molecule is CC1CC(C)CN(C(=O)C(OC(=O)C2CCC2)C(C)C)C1. The highest BCUT2D eigenvalue weighted by Gasteiger charge is 2.36. The van der Waals surface area contributed by atoms with Gasteiger partial charge >= 0.3 is 5.97 Å². The lowest BCUT2D eigenvalue weighted by atomic mass is 9.85. The van der Waals surface area contributed by atoms with Crippen molar-refractivity contribution in [3.8, 4) is 0 Å². The first kappa shape index (κ1) is 16.3. The van der Waals surface area contributed by atoms with Crippen molar-refractivity contribution in [3.63, 3.8) is 0 Å². The minimum Gasteiger partial charge on any atom is -0.452 e. The predicted molar refractivity (Wildman–Crippen MR) is 81.6 cm³/mol. The zero-order valence-electron chi connectivity index (χ0n) is 13.8. The van der Waals surface area contributed by atoms with E-state index in [1.807, 2.05) is 18.7 Å². The van der Waals surface area contributed by atoms with Gasteiger partial charge in [0.05, 0.1) is 5.92 Å². The van der Waals surface area contributed by atoms with Gasteiger partial charge < -0.3 is 9.64 Å². The third kappa shape index (κ3) is 3.98. The molecular formula is C17H29NO3. The molecule has 0 radical (unpaired) electrons. The van der Waals surface area contributed by atoms with E-state index in [0.29, 0.717) is 11.8 Å². The normalized spacial score (nSPS) is 28.1. The molecule has 3 unspecified atom stereocenters. The Kier molecular flexibility index (Phi) is 5.28. The summed E-state index contributed by atoms with van der Waals surface area (Å²) in [5.74, 6) is 0.912. The Balaban J connectivity index is 1.99. The van der Waals surface area contributed by atoms with Gasteiger partial charge in [0.2, 0.25) is 0 Å². The van der Waals surface area contributed by atoms with Crippen molar-refractivity contribution < 1.29 is 14.3 Å². The number of hydrogen-bond acceptors (Lipinski definition) is 3. The number of amides is 1. The molecule has 4 nitrogen and oxygen atoms in total. The molecule has 0 N–H and O–H groups in total. The molecule has 0 aromatic carbocycles. The molecule has 2 fully saturated rings. The van der Waals surface area contributed by atoms with Crippen molar-refractivity contribution >= 4 is 11.9 Å². The van der Waals surface area contributed by atoms with Crippen LogP contribution in [0.3, 0.4) is 0 Å². The molecule has 3 atom stereocenters. The molecule has 0 aromatic heterocycles. The van der Waals surface area contributed by atoms with Crippen LogP contribution in [0.4, 0.5) is 0 Å². The Morgan fingerprint density at radius 1 is 1.10 bits per heavy atom. The van der Waals surface area contributed by atoms with Crippen LogP contribution in [0.5, 0.6) is 0 Å². The number of hydrogen-bond donors (Lipinski definition) is 0. The van der Waals surface area contributed by atoms with Gasteiger partial charge in [-0.1, -0.05) is 34.1 Å². The van der Waals surface area contributed by atoms with Gasteiger partial charge in [-0.05, 0) is 37.0 Å². The summed E-state index contributed by atoms with van der Waals surface area (Å²) in [5, 5.41) is 0. The van der Waals surface area contributed by atoms with Gasteiger partial charge in [-0.2, -0.15) is 0 Å². The number of ether oxygens (including phenoxy) is 1. The van der Waals surface area contributed by atoms with E-state index in [1.54, 1.807) is 0 Å². The maximum Gasteiger partial charge on any atom is 0.309 e. The standard InChI is InChI=1S/C17H29NO3/c1-11(2)15(21-17(20)14-6-5-7-14)16(19)18-9-12(3)8-13(4)10-18/h11-15H,5-10H2,1-4H3. The van der Waals surface area contributed by atoms with Crippen LogP contribution in [-0.2, 0) is 14.3 Å². The fourth-order valence-corrected chi connectivity index (χ4v) is 3.36. The second-order valence-electron chi connectivity index (χ2n) is 7.42. The third-order valence-corrected chi connectivity index (χ3v) is 4.71. The van der Waals surface area contributed by atoms with Gasteiger partial charge in [0.25, 0.3) is 5.91 Å². The average Bonchev–Trinajstić information content (AvgIpc) is 2.31. The smallest absolute Gasteiger partial charge is 0.309 e. The average molecular weight is 295 g/mol. The zero-order chi connectivity index (χ0) is 15.6. The maximum atomic E-state index is 12.7. The van der Waals surface area contributed by atoms with Crippen molar-refractivity contribution in [1.82, 2.24) is 4.90 Å². The number of likely N-dealkylation sites (tertiary alicyclic amines) is 1. The number of esters is 1. The van der Waals surface area contributed by atoms with Crippen molar-refractivity contribution in [2.75, 3.05) is 13.1 Å². The number of nitrogens with zero attached hydrogens (tertiary/aromatic N) is 1. The van der Waals surface area contributed by atoms with Crippen LogP contribution < -0.4 is 0 Å². The summed E-state index contributed by atoms with van der Waals surface area (Å²) < 4.78 is 5.57. The number of rotatable bonds is 4. The van der Waals surface area contributed by atoms with Crippen LogP contribution in [0.15, 0.2) is 0 Å². The van der Waals surface area contributed by atoms with Gasteiger partial charge in [0.1, 0.15) is 0 Å². The molecule has 0 aromatic rings. The van der Waals surface area contributed by atoms with Crippen LogP contribution in [0, 0.1) is 23.7 Å². The molecule has 1 saturated heterocycles. The van der Waals surface area contributed by atoms with Gasteiger partial charge in [-0.3, -0.25) is 9.59 Å². The molecule has 1 heterocycles. The Bertz CT molecular complexity index is 379. The molecular weight excluding hydrogens is 266 g/mol. The van der Waals surface area contributed by atoms with Crippen molar-refractivity contribution in [3.05, 3.63) is 0 Å². The van der Waals surface area contributed by atoms with Crippen LogP contribution >= 0.6 is 0 Å². The zero-order valence-corrected chi connectivity index (χ0v) is 13.8. The Morgan fingerprint density at radius 3 is 2.10 bits per heavy atom. The van der Waals surface area contributed by atoms with Crippen molar-refractivity contribution in [1.29, 1.82) is 0 Å². The van der Waals surface area contributed by atoms with Crippen LogP contribution in [0.1, 0.15) is 53.4 Å². The van der Waals surface area contributed by atoms with Gasteiger partial charge in [-0.25, -0.2) is 0 Å². The summed E-state index contributed by atoms with van der Waals surface area (Å²) in [6, 6.07) is 0. The lowest BCUT2D eigenvalue weighted by molar-refractivity contribution is -0.169.